The molecule has 0 unspecified atom stereocenters. The maximum atomic E-state index is 11.3. The number of ketones is 1. The van der Waals surface area contributed by atoms with Crippen LogP contribution in [0.15, 0.2) is 36.4 Å². The van der Waals surface area contributed by atoms with E-state index < -0.39 is 0 Å². The first-order valence-corrected chi connectivity index (χ1v) is 5.30. The molecule has 17 heavy (non-hydrogen) atoms. The van der Waals surface area contributed by atoms with E-state index in [-0.39, 0.29) is 5.78 Å². The number of nitriles is 1. The van der Waals surface area contributed by atoms with E-state index in [9.17, 15) is 4.79 Å². The number of Topliss-reactive ketones (excluding diaryl/α,β-unsaturated/α-hetero) is 1. The summed E-state index contributed by atoms with van der Waals surface area (Å²) in [6.45, 7) is 1.55. The van der Waals surface area contributed by atoms with E-state index in [0.29, 0.717) is 11.3 Å². The van der Waals surface area contributed by atoms with Crippen LogP contribution in [0.5, 0.6) is 0 Å². The zero-order valence-electron chi connectivity index (χ0n) is 9.77. The van der Waals surface area contributed by atoms with Crippen LogP contribution in [0.4, 0.5) is 0 Å². The van der Waals surface area contributed by atoms with Crippen molar-refractivity contribution in [3.63, 3.8) is 0 Å². The number of nitrogens with zero attached hydrogens (tertiary/aromatic N) is 2. The molecule has 84 valence electrons. The zero-order valence-corrected chi connectivity index (χ0v) is 9.77. The van der Waals surface area contributed by atoms with Crippen LogP contribution in [0.3, 0.4) is 0 Å². The summed E-state index contributed by atoms with van der Waals surface area (Å²) in [5.74, 6) is 0.0485. The van der Waals surface area contributed by atoms with Crippen LogP contribution >= 0.6 is 0 Å². The predicted molar refractivity (Wildman–Crippen MR) is 65.6 cm³/mol. The fraction of sp³-hybridized carbons (Fsp3) is 0.143. The highest BCUT2D eigenvalue weighted by atomic mass is 16.1. The van der Waals surface area contributed by atoms with Crippen molar-refractivity contribution in [2.24, 2.45) is 7.05 Å². The summed E-state index contributed by atoms with van der Waals surface area (Å²) in [7, 11) is 1.87. The van der Waals surface area contributed by atoms with Gasteiger partial charge in [-0.05, 0) is 29.8 Å². The first kappa shape index (κ1) is 11.2. The summed E-state index contributed by atoms with van der Waals surface area (Å²) < 4.78 is 1.86. The van der Waals surface area contributed by atoms with Crippen molar-refractivity contribution in [2.45, 2.75) is 6.92 Å². The van der Waals surface area contributed by atoms with Crippen molar-refractivity contribution in [3.05, 3.63) is 47.7 Å². The molecule has 0 saturated heterocycles. The van der Waals surface area contributed by atoms with Gasteiger partial charge in [0.25, 0.3) is 0 Å². The average molecular weight is 224 g/mol. The highest BCUT2D eigenvalue weighted by molar-refractivity contribution is 5.93. The van der Waals surface area contributed by atoms with Gasteiger partial charge in [0.1, 0.15) is 0 Å². The van der Waals surface area contributed by atoms with Gasteiger partial charge < -0.3 is 4.57 Å². The molecule has 0 fully saturated rings. The quantitative estimate of drug-likeness (QED) is 0.736. The minimum atomic E-state index is 0.0485. The third-order valence-electron chi connectivity index (χ3n) is 2.79. The fourth-order valence-electron chi connectivity index (χ4n) is 1.87. The molecule has 1 aromatic carbocycles. The summed E-state index contributed by atoms with van der Waals surface area (Å²) in [6.07, 6.45) is 0. The molecule has 0 spiro atoms. The minimum absolute atomic E-state index is 0.0485. The summed E-state index contributed by atoms with van der Waals surface area (Å²) in [5.41, 5.74) is 3.29. The third-order valence-corrected chi connectivity index (χ3v) is 2.79. The summed E-state index contributed by atoms with van der Waals surface area (Å²) in [4.78, 5) is 11.3. The number of carbonyl (C=O) groups excluding carboxylic acids is 1. The van der Waals surface area contributed by atoms with E-state index >= 15 is 0 Å². The summed E-state index contributed by atoms with van der Waals surface area (Å²) >= 11 is 0. The summed E-state index contributed by atoms with van der Waals surface area (Å²) in [6, 6.07) is 13.1. The van der Waals surface area contributed by atoms with Gasteiger partial charge in [-0.1, -0.05) is 12.1 Å². The lowest BCUT2D eigenvalue weighted by Gasteiger charge is -2.05. The molecule has 0 atom stereocenters. The molecular formula is C14H12N2O. The van der Waals surface area contributed by atoms with Crippen molar-refractivity contribution in [3.8, 4) is 17.3 Å². The fourth-order valence-corrected chi connectivity index (χ4v) is 1.87. The Morgan fingerprint density at radius 1 is 1.18 bits per heavy atom. The second-order valence-electron chi connectivity index (χ2n) is 3.91. The maximum Gasteiger partial charge on any atom is 0.176 e. The third kappa shape index (κ3) is 1.98. The van der Waals surface area contributed by atoms with Gasteiger partial charge in [0.2, 0.25) is 0 Å². The number of aromatic nitrogens is 1. The average Bonchev–Trinajstić information content (AvgIpc) is 2.71. The second-order valence-corrected chi connectivity index (χ2v) is 3.91. The van der Waals surface area contributed by atoms with Gasteiger partial charge in [0.05, 0.1) is 17.3 Å². The summed E-state index contributed by atoms with van der Waals surface area (Å²) in [5, 5.41) is 8.73. The first-order valence-electron chi connectivity index (χ1n) is 5.30. The zero-order chi connectivity index (χ0) is 12.4. The lowest BCUT2D eigenvalue weighted by molar-refractivity contribution is 0.101. The van der Waals surface area contributed by atoms with Crippen molar-refractivity contribution >= 4 is 5.78 Å². The minimum Gasteiger partial charge on any atom is -0.341 e. The Balaban J connectivity index is 2.47. The van der Waals surface area contributed by atoms with Crippen molar-refractivity contribution in [1.29, 1.82) is 5.26 Å². The van der Waals surface area contributed by atoms with Crippen LogP contribution in [0.2, 0.25) is 0 Å². The standard InChI is InChI=1S/C14H12N2O/c1-10(17)13-7-8-14(16(13)2)12-5-3-11(9-15)4-6-12/h3-8H,1-2H3. The molecular weight excluding hydrogens is 212 g/mol. The van der Waals surface area contributed by atoms with Crippen LogP contribution in [-0.2, 0) is 7.05 Å². The van der Waals surface area contributed by atoms with Gasteiger partial charge >= 0.3 is 0 Å². The molecule has 0 aliphatic heterocycles. The molecule has 0 saturated carbocycles. The molecule has 3 heteroatoms. The van der Waals surface area contributed by atoms with Crippen LogP contribution in [0.25, 0.3) is 11.3 Å². The number of benzene rings is 1. The van der Waals surface area contributed by atoms with E-state index in [4.69, 9.17) is 5.26 Å². The van der Waals surface area contributed by atoms with E-state index in [1.807, 2.05) is 35.9 Å². The van der Waals surface area contributed by atoms with Gasteiger partial charge in [-0.2, -0.15) is 5.26 Å². The normalized spacial score (nSPS) is 9.94. The number of carbonyl (C=O) groups is 1. The highest BCUT2D eigenvalue weighted by Crippen LogP contribution is 2.22. The van der Waals surface area contributed by atoms with Gasteiger partial charge in [-0.15, -0.1) is 0 Å². The van der Waals surface area contributed by atoms with Gasteiger partial charge in [0.15, 0.2) is 5.78 Å². The van der Waals surface area contributed by atoms with E-state index in [2.05, 4.69) is 6.07 Å². The number of rotatable bonds is 2. The Labute approximate surface area is 99.9 Å². The van der Waals surface area contributed by atoms with Gasteiger partial charge in [0, 0.05) is 19.7 Å². The monoisotopic (exact) mass is 224 g/mol. The lowest BCUT2D eigenvalue weighted by Crippen LogP contribution is -2.02. The maximum absolute atomic E-state index is 11.3. The van der Waals surface area contributed by atoms with Crippen molar-refractivity contribution < 1.29 is 4.79 Å². The molecule has 0 radical (unpaired) electrons. The second kappa shape index (κ2) is 4.26. The molecule has 0 aliphatic rings. The van der Waals surface area contributed by atoms with Gasteiger partial charge in [-0.25, -0.2) is 0 Å². The van der Waals surface area contributed by atoms with Crippen LogP contribution in [0.1, 0.15) is 23.0 Å². The molecule has 1 heterocycles. The Kier molecular flexibility index (Phi) is 2.80. The Morgan fingerprint density at radius 2 is 1.82 bits per heavy atom. The van der Waals surface area contributed by atoms with Gasteiger partial charge in [-0.3, -0.25) is 4.79 Å². The van der Waals surface area contributed by atoms with E-state index in [1.165, 1.54) is 0 Å². The Hall–Kier alpha value is -2.34. The molecule has 2 rings (SSSR count). The topological polar surface area (TPSA) is 45.8 Å². The van der Waals surface area contributed by atoms with E-state index in [0.717, 1.165) is 11.3 Å². The molecule has 2 aromatic rings. The van der Waals surface area contributed by atoms with Crippen molar-refractivity contribution in [1.82, 2.24) is 4.57 Å². The number of hydrogen-bond acceptors (Lipinski definition) is 2. The molecule has 0 bridgehead atoms. The smallest absolute Gasteiger partial charge is 0.176 e. The Bertz CT molecular complexity index is 600. The first-order chi connectivity index (χ1) is 8.13. The molecule has 0 aliphatic carbocycles. The Morgan fingerprint density at radius 3 is 2.29 bits per heavy atom. The molecule has 0 N–H and O–H groups in total. The van der Waals surface area contributed by atoms with Crippen molar-refractivity contribution in [2.75, 3.05) is 0 Å². The SMILES string of the molecule is CC(=O)c1ccc(-c2ccc(C#N)cc2)n1C. The van der Waals surface area contributed by atoms with E-state index in [1.54, 1.807) is 19.1 Å². The lowest BCUT2D eigenvalue weighted by atomic mass is 10.1. The van der Waals surface area contributed by atoms with Crippen LogP contribution in [-0.4, -0.2) is 10.4 Å². The molecule has 0 amide bonds. The highest BCUT2D eigenvalue weighted by Gasteiger charge is 2.09. The van der Waals surface area contributed by atoms with Crippen LogP contribution in [0, 0.1) is 11.3 Å². The molecule has 1 aromatic heterocycles. The largest absolute Gasteiger partial charge is 0.341 e. The number of hydrogen-bond donors (Lipinski definition) is 0. The predicted octanol–water partition coefficient (Wildman–Crippen LogP) is 2.77. The molecule has 3 nitrogen and oxygen atoms in total. The van der Waals surface area contributed by atoms with Crippen LogP contribution < -0.4 is 0 Å².